The Morgan fingerprint density at radius 1 is 1.00 bits per heavy atom. The van der Waals surface area contributed by atoms with Crippen LogP contribution < -0.4 is 15.1 Å². The van der Waals surface area contributed by atoms with E-state index in [1.165, 1.54) is 5.56 Å². The quantitative estimate of drug-likeness (QED) is 0.426. The summed E-state index contributed by atoms with van der Waals surface area (Å²) in [5.41, 5.74) is 4.94. The van der Waals surface area contributed by atoms with E-state index in [9.17, 15) is 4.79 Å². The molecule has 1 N–H and O–H groups in total. The van der Waals surface area contributed by atoms with Crippen LogP contribution in [0.3, 0.4) is 0 Å². The number of aryl methyl sites for hydroxylation is 2. The van der Waals surface area contributed by atoms with E-state index in [-0.39, 0.29) is 12.1 Å². The molecule has 2 aromatic carbocycles. The summed E-state index contributed by atoms with van der Waals surface area (Å²) in [4.78, 5) is 28.7. The third-order valence-electron chi connectivity index (χ3n) is 7.63. The smallest absolute Gasteiger partial charge is 0.317 e. The van der Waals surface area contributed by atoms with Crippen molar-refractivity contribution in [2.75, 3.05) is 62.8 Å². The number of carbonyl (C=O) groups excluding carboxylic acids is 1. The maximum atomic E-state index is 12.1. The Morgan fingerprint density at radius 2 is 1.79 bits per heavy atom. The molecule has 6 rings (SSSR count). The number of carbonyl (C=O) groups is 1. The summed E-state index contributed by atoms with van der Waals surface area (Å²) in [5.74, 6) is 2.35. The van der Waals surface area contributed by atoms with Gasteiger partial charge in [0, 0.05) is 50.7 Å². The molecule has 0 saturated carbocycles. The van der Waals surface area contributed by atoms with Crippen LogP contribution in [0.15, 0.2) is 53.1 Å². The van der Waals surface area contributed by atoms with Gasteiger partial charge in [-0.15, -0.1) is 0 Å². The van der Waals surface area contributed by atoms with Gasteiger partial charge in [-0.3, -0.25) is 0 Å². The van der Waals surface area contributed by atoms with E-state index >= 15 is 0 Å². The first kappa shape index (κ1) is 25.1. The molecule has 2 amide bonds. The number of urea groups is 1. The van der Waals surface area contributed by atoms with Crippen molar-refractivity contribution in [3.8, 4) is 11.1 Å². The molecule has 4 heterocycles. The van der Waals surface area contributed by atoms with E-state index in [1.54, 1.807) is 7.05 Å². The summed E-state index contributed by atoms with van der Waals surface area (Å²) in [6.07, 6.45) is 0. The number of nitrogens with one attached hydrogen (secondary N) is 1. The van der Waals surface area contributed by atoms with Crippen molar-refractivity contribution in [2.45, 2.75) is 19.9 Å². The number of hydrogen-bond donors (Lipinski definition) is 1. The first-order chi connectivity index (χ1) is 19.0. The molecule has 0 unspecified atom stereocenters. The summed E-state index contributed by atoms with van der Waals surface area (Å²) < 4.78 is 11.4. The third kappa shape index (κ3) is 4.76. The van der Waals surface area contributed by atoms with Crippen molar-refractivity contribution >= 4 is 28.7 Å². The van der Waals surface area contributed by atoms with E-state index in [0.717, 1.165) is 39.3 Å². The Labute approximate surface area is 227 Å². The van der Waals surface area contributed by atoms with E-state index < -0.39 is 0 Å². The SMILES string of the molecule is CNC(=O)N1CCN(c2nc(N3CCOC[C@@H]3c3ccccc3)c3cc(-c4c(C)noc4C)ccc3n2)CC1. The van der Waals surface area contributed by atoms with Crippen molar-refractivity contribution in [3.05, 3.63) is 65.5 Å². The Kier molecular flexibility index (Phi) is 6.78. The van der Waals surface area contributed by atoms with Crippen LogP contribution in [0.5, 0.6) is 0 Å². The summed E-state index contributed by atoms with van der Waals surface area (Å²) in [5, 5.41) is 7.86. The molecule has 10 nitrogen and oxygen atoms in total. The molecular weight excluding hydrogens is 494 g/mol. The average molecular weight is 528 g/mol. The third-order valence-corrected chi connectivity index (χ3v) is 7.63. The van der Waals surface area contributed by atoms with Gasteiger partial charge in [0.05, 0.1) is 30.5 Å². The molecule has 0 bridgehead atoms. The zero-order chi connectivity index (χ0) is 26.9. The van der Waals surface area contributed by atoms with Crippen LogP contribution in [0.4, 0.5) is 16.6 Å². The number of anilines is 2. The number of hydrogen-bond acceptors (Lipinski definition) is 8. The Bertz CT molecular complexity index is 1460. The Balaban J connectivity index is 1.46. The number of morpholine rings is 1. The molecule has 2 saturated heterocycles. The van der Waals surface area contributed by atoms with E-state index in [2.05, 4.69) is 62.7 Å². The molecule has 0 radical (unpaired) electrons. The van der Waals surface area contributed by atoms with Crippen LogP contribution in [-0.2, 0) is 4.74 Å². The van der Waals surface area contributed by atoms with Crippen molar-refractivity contribution < 1.29 is 14.1 Å². The predicted octanol–water partition coefficient (Wildman–Crippen LogP) is 3.94. The highest BCUT2D eigenvalue weighted by molar-refractivity contribution is 5.94. The number of ether oxygens (including phenoxy) is 1. The molecule has 10 heteroatoms. The fraction of sp³-hybridized carbons (Fsp3) is 0.379. The summed E-state index contributed by atoms with van der Waals surface area (Å²) in [7, 11) is 1.66. The monoisotopic (exact) mass is 527 g/mol. The lowest BCUT2D eigenvalue weighted by Crippen LogP contribution is -2.51. The molecule has 2 fully saturated rings. The van der Waals surface area contributed by atoms with Gasteiger partial charge >= 0.3 is 6.03 Å². The topological polar surface area (TPSA) is 99.9 Å². The van der Waals surface area contributed by atoms with Crippen molar-refractivity contribution in [3.63, 3.8) is 0 Å². The van der Waals surface area contributed by atoms with Crippen LogP contribution in [0.2, 0.25) is 0 Å². The second kappa shape index (κ2) is 10.5. The lowest BCUT2D eigenvalue weighted by atomic mass is 10.0. The van der Waals surface area contributed by atoms with Gasteiger partial charge in [0.1, 0.15) is 11.6 Å². The lowest BCUT2D eigenvalue weighted by Gasteiger charge is -2.38. The predicted molar refractivity (Wildman–Crippen MR) is 150 cm³/mol. The average Bonchev–Trinajstić information content (AvgIpc) is 3.33. The molecule has 1 atom stereocenters. The number of fused-ring (bicyclic) bond motifs is 1. The first-order valence-corrected chi connectivity index (χ1v) is 13.4. The van der Waals surface area contributed by atoms with Gasteiger partial charge in [0.15, 0.2) is 0 Å². The standard InChI is InChI=1S/C29H33N7O3/c1-19-26(20(2)39-33-19)22-9-10-24-23(17-22)27(36-15-16-38-18-25(36)21-7-5-4-6-8-21)32-28(31-24)34-11-13-35(14-12-34)29(37)30-3/h4-10,17,25H,11-16,18H2,1-3H3,(H,30,37)/t25-/m1/s1. The fourth-order valence-electron chi connectivity index (χ4n) is 5.59. The molecule has 0 spiro atoms. The molecule has 39 heavy (non-hydrogen) atoms. The highest BCUT2D eigenvalue weighted by Crippen LogP contribution is 2.37. The Morgan fingerprint density at radius 3 is 2.51 bits per heavy atom. The summed E-state index contributed by atoms with van der Waals surface area (Å²) in [6.45, 7) is 8.38. The normalized spacial score (nSPS) is 18.0. The largest absolute Gasteiger partial charge is 0.377 e. The van der Waals surface area contributed by atoms with Gasteiger partial charge in [0.25, 0.3) is 0 Å². The molecular formula is C29H33N7O3. The van der Waals surface area contributed by atoms with E-state index in [4.69, 9.17) is 19.2 Å². The fourth-order valence-corrected chi connectivity index (χ4v) is 5.59. The second-order valence-corrected chi connectivity index (χ2v) is 10.0. The molecule has 2 aromatic heterocycles. The van der Waals surface area contributed by atoms with Gasteiger partial charge in [-0.1, -0.05) is 41.6 Å². The minimum absolute atomic E-state index is 0.0266. The highest BCUT2D eigenvalue weighted by Gasteiger charge is 2.30. The van der Waals surface area contributed by atoms with Crippen LogP contribution in [-0.4, -0.2) is 79.0 Å². The maximum absolute atomic E-state index is 12.1. The molecule has 0 aliphatic carbocycles. The first-order valence-electron chi connectivity index (χ1n) is 13.4. The summed E-state index contributed by atoms with van der Waals surface area (Å²) >= 11 is 0. The molecule has 2 aliphatic heterocycles. The minimum Gasteiger partial charge on any atom is -0.377 e. The van der Waals surface area contributed by atoms with Crippen LogP contribution in [0.25, 0.3) is 22.0 Å². The highest BCUT2D eigenvalue weighted by atomic mass is 16.5. The minimum atomic E-state index is -0.0550. The van der Waals surface area contributed by atoms with Gasteiger partial charge in [-0.25, -0.2) is 9.78 Å². The van der Waals surface area contributed by atoms with Crippen molar-refractivity contribution in [1.82, 2.24) is 25.3 Å². The molecule has 4 aromatic rings. The van der Waals surface area contributed by atoms with Gasteiger partial charge < -0.3 is 29.3 Å². The van der Waals surface area contributed by atoms with Crippen LogP contribution in [0.1, 0.15) is 23.1 Å². The van der Waals surface area contributed by atoms with Gasteiger partial charge in [-0.2, -0.15) is 4.98 Å². The van der Waals surface area contributed by atoms with Gasteiger partial charge in [0.2, 0.25) is 5.95 Å². The maximum Gasteiger partial charge on any atom is 0.317 e. The van der Waals surface area contributed by atoms with Gasteiger partial charge in [-0.05, 0) is 37.1 Å². The van der Waals surface area contributed by atoms with Crippen LogP contribution >= 0.6 is 0 Å². The number of nitrogens with zero attached hydrogens (tertiary/aromatic N) is 6. The molecule has 202 valence electrons. The summed E-state index contributed by atoms with van der Waals surface area (Å²) in [6, 6.07) is 16.7. The number of aromatic nitrogens is 3. The second-order valence-electron chi connectivity index (χ2n) is 10.0. The van der Waals surface area contributed by atoms with E-state index in [1.807, 2.05) is 24.8 Å². The zero-order valence-electron chi connectivity index (χ0n) is 22.6. The number of rotatable bonds is 4. The number of benzene rings is 2. The molecule has 2 aliphatic rings. The Hall–Kier alpha value is -4.18. The van der Waals surface area contributed by atoms with Crippen molar-refractivity contribution in [1.29, 1.82) is 0 Å². The van der Waals surface area contributed by atoms with E-state index in [0.29, 0.717) is 51.9 Å². The lowest BCUT2D eigenvalue weighted by molar-refractivity contribution is 0.0939. The zero-order valence-corrected chi connectivity index (χ0v) is 22.6. The number of amides is 2. The number of piperazine rings is 1. The van der Waals surface area contributed by atoms with Crippen molar-refractivity contribution in [2.24, 2.45) is 0 Å². The van der Waals surface area contributed by atoms with Crippen LogP contribution in [0, 0.1) is 13.8 Å².